The van der Waals surface area contributed by atoms with Crippen LogP contribution in [0.2, 0.25) is 0 Å². The van der Waals surface area contributed by atoms with Crippen molar-refractivity contribution in [1.82, 2.24) is 0 Å². The van der Waals surface area contributed by atoms with Gasteiger partial charge < -0.3 is 10.1 Å². The van der Waals surface area contributed by atoms with Gasteiger partial charge in [-0.15, -0.1) is 0 Å². The Hall–Kier alpha value is -3.32. The van der Waals surface area contributed by atoms with Crippen LogP contribution in [0.15, 0.2) is 71.6 Å². The molecule has 6 nitrogen and oxygen atoms in total. The van der Waals surface area contributed by atoms with Gasteiger partial charge in [0.25, 0.3) is 10.0 Å². The van der Waals surface area contributed by atoms with Crippen LogP contribution in [0.3, 0.4) is 0 Å². The van der Waals surface area contributed by atoms with Gasteiger partial charge in [-0.2, -0.15) is 0 Å². The Kier molecular flexibility index (Phi) is 7.76. The Morgan fingerprint density at radius 3 is 2.30 bits per heavy atom. The molecule has 0 aromatic heterocycles. The summed E-state index contributed by atoms with van der Waals surface area (Å²) in [6.07, 6.45) is 0.746. The molecule has 0 radical (unpaired) electrons. The maximum absolute atomic E-state index is 13.7. The monoisotopic (exact) mass is 466 g/mol. The second-order valence-corrected chi connectivity index (χ2v) is 9.60. The van der Waals surface area contributed by atoms with Crippen molar-refractivity contribution >= 4 is 27.3 Å². The average molecular weight is 467 g/mol. The minimum atomic E-state index is -4.03. The SMILES string of the molecule is CCOc1ccccc1N(CC(=O)Nc1c(C)cccc1CC)S(=O)(=O)c1ccc(C)cc1. The van der Waals surface area contributed by atoms with Crippen molar-refractivity contribution in [2.45, 2.75) is 39.0 Å². The number of carbonyl (C=O) groups is 1. The number of benzene rings is 3. The lowest BCUT2D eigenvalue weighted by atomic mass is 10.1. The molecule has 0 fully saturated rings. The summed E-state index contributed by atoms with van der Waals surface area (Å²) in [4.78, 5) is 13.3. The summed E-state index contributed by atoms with van der Waals surface area (Å²) in [7, 11) is -4.03. The number of nitrogens with one attached hydrogen (secondary N) is 1. The van der Waals surface area contributed by atoms with Crippen LogP contribution in [0.5, 0.6) is 5.75 Å². The van der Waals surface area contributed by atoms with Crippen molar-refractivity contribution in [2.24, 2.45) is 0 Å². The molecule has 174 valence electrons. The molecule has 3 aromatic carbocycles. The van der Waals surface area contributed by atoms with E-state index in [1.165, 1.54) is 0 Å². The lowest BCUT2D eigenvalue weighted by Gasteiger charge is -2.26. The summed E-state index contributed by atoms with van der Waals surface area (Å²) in [5.41, 5.74) is 3.89. The Balaban J connectivity index is 2.03. The first-order valence-corrected chi connectivity index (χ1v) is 12.4. The quantitative estimate of drug-likeness (QED) is 0.476. The maximum Gasteiger partial charge on any atom is 0.264 e. The number of carbonyl (C=O) groups excluding carboxylic acids is 1. The Morgan fingerprint density at radius 1 is 0.939 bits per heavy atom. The first-order chi connectivity index (χ1) is 15.8. The summed E-state index contributed by atoms with van der Waals surface area (Å²) < 4.78 is 34.1. The number of para-hydroxylation sites is 3. The summed E-state index contributed by atoms with van der Waals surface area (Å²) in [6.45, 7) is 7.62. The van der Waals surface area contributed by atoms with Crippen molar-refractivity contribution in [3.05, 3.63) is 83.4 Å². The fraction of sp³-hybridized carbons (Fsp3) is 0.269. The lowest BCUT2D eigenvalue weighted by Crippen LogP contribution is -2.38. The number of hydrogen-bond acceptors (Lipinski definition) is 4. The zero-order chi connectivity index (χ0) is 24.0. The Morgan fingerprint density at radius 2 is 1.64 bits per heavy atom. The normalized spacial score (nSPS) is 11.2. The third-order valence-corrected chi connectivity index (χ3v) is 7.11. The molecule has 0 bridgehead atoms. The van der Waals surface area contributed by atoms with Crippen LogP contribution in [0.25, 0.3) is 0 Å². The highest BCUT2D eigenvalue weighted by Crippen LogP contribution is 2.33. The number of nitrogens with zero attached hydrogens (tertiary/aromatic N) is 1. The lowest BCUT2D eigenvalue weighted by molar-refractivity contribution is -0.114. The molecule has 3 rings (SSSR count). The highest BCUT2D eigenvalue weighted by Gasteiger charge is 2.29. The molecule has 1 amide bonds. The number of ether oxygens (including phenoxy) is 1. The van der Waals surface area contributed by atoms with E-state index in [0.29, 0.717) is 18.0 Å². The van der Waals surface area contributed by atoms with Crippen LogP contribution < -0.4 is 14.4 Å². The number of hydrogen-bond donors (Lipinski definition) is 1. The van der Waals surface area contributed by atoms with Crippen LogP contribution in [0, 0.1) is 13.8 Å². The van der Waals surface area contributed by atoms with Gasteiger partial charge in [-0.1, -0.05) is 55.0 Å². The van der Waals surface area contributed by atoms with Gasteiger partial charge in [0.15, 0.2) is 0 Å². The van der Waals surface area contributed by atoms with Gasteiger partial charge in [-0.05, 0) is 62.6 Å². The van der Waals surface area contributed by atoms with Crippen molar-refractivity contribution in [3.8, 4) is 5.75 Å². The number of amides is 1. The van der Waals surface area contributed by atoms with Crippen molar-refractivity contribution in [2.75, 3.05) is 22.8 Å². The molecule has 0 saturated carbocycles. The van der Waals surface area contributed by atoms with E-state index in [4.69, 9.17) is 4.74 Å². The van der Waals surface area contributed by atoms with Crippen LogP contribution in [0.4, 0.5) is 11.4 Å². The molecule has 0 saturated heterocycles. The van der Waals surface area contributed by atoms with Gasteiger partial charge in [-0.3, -0.25) is 9.10 Å². The van der Waals surface area contributed by atoms with E-state index < -0.39 is 22.5 Å². The van der Waals surface area contributed by atoms with Crippen molar-refractivity contribution in [1.29, 1.82) is 0 Å². The zero-order valence-electron chi connectivity index (χ0n) is 19.5. The Bertz CT molecular complexity index is 1220. The van der Waals surface area contributed by atoms with E-state index >= 15 is 0 Å². The van der Waals surface area contributed by atoms with Gasteiger partial charge in [0.1, 0.15) is 12.3 Å². The van der Waals surface area contributed by atoms with Gasteiger partial charge in [0.2, 0.25) is 5.91 Å². The van der Waals surface area contributed by atoms with E-state index in [0.717, 1.165) is 33.1 Å². The fourth-order valence-electron chi connectivity index (χ4n) is 3.59. The van der Waals surface area contributed by atoms with Gasteiger partial charge in [0.05, 0.1) is 17.2 Å². The average Bonchev–Trinajstić information content (AvgIpc) is 2.80. The molecule has 33 heavy (non-hydrogen) atoms. The van der Waals surface area contributed by atoms with Crippen molar-refractivity contribution in [3.63, 3.8) is 0 Å². The van der Waals surface area contributed by atoms with E-state index in [9.17, 15) is 13.2 Å². The second kappa shape index (κ2) is 10.5. The predicted octanol–water partition coefficient (Wildman–Crippen LogP) is 5.10. The van der Waals surface area contributed by atoms with Gasteiger partial charge in [0, 0.05) is 5.69 Å². The molecule has 0 aliphatic rings. The van der Waals surface area contributed by atoms with Crippen LogP contribution in [0.1, 0.15) is 30.5 Å². The zero-order valence-corrected chi connectivity index (χ0v) is 20.3. The van der Waals surface area contributed by atoms with Crippen molar-refractivity contribution < 1.29 is 17.9 Å². The molecule has 1 N–H and O–H groups in total. The summed E-state index contributed by atoms with van der Waals surface area (Å²) in [6, 6.07) is 19.2. The van der Waals surface area contributed by atoms with E-state index in [1.54, 1.807) is 48.5 Å². The maximum atomic E-state index is 13.7. The Labute approximate surface area is 196 Å². The number of anilines is 2. The number of rotatable bonds is 9. The molecule has 0 heterocycles. The predicted molar refractivity (Wildman–Crippen MR) is 133 cm³/mol. The molecule has 0 spiro atoms. The van der Waals surface area contributed by atoms with E-state index in [2.05, 4.69) is 5.32 Å². The highest BCUT2D eigenvalue weighted by atomic mass is 32.2. The summed E-state index contributed by atoms with van der Waals surface area (Å²) >= 11 is 0. The van der Waals surface area contributed by atoms with Crippen LogP contribution >= 0.6 is 0 Å². The first-order valence-electron chi connectivity index (χ1n) is 11.0. The molecule has 0 aliphatic heterocycles. The largest absolute Gasteiger partial charge is 0.492 e. The molecule has 0 aliphatic carbocycles. The fourth-order valence-corrected chi connectivity index (χ4v) is 5.02. The second-order valence-electron chi connectivity index (χ2n) is 7.74. The minimum Gasteiger partial charge on any atom is -0.492 e. The third-order valence-electron chi connectivity index (χ3n) is 5.33. The number of aryl methyl sites for hydroxylation is 3. The molecule has 0 atom stereocenters. The number of sulfonamides is 1. The molecule has 0 unspecified atom stereocenters. The topological polar surface area (TPSA) is 75.7 Å². The minimum absolute atomic E-state index is 0.109. The molecular formula is C26H30N2O4S. The third kappa shape index (κ3) is 5.54. The molecular weight excluding hydrogens is 436 g/mol. The first kappa shape index (κ1) is 24.3. The highest BCUT2D eigenvalue weighted by molar-refractivity contribution is 7.92. The van der Waals surface area contributed by atoms with Gasteiger partial charge in [-0.25, -0.2) is 8.42 Å². The van der Waals surface area contributed by atoms with E-state index in [1.807, 2.05) is 45.9 Å². The van der Waals surface area contributed by atoms with E-state index in [-0.39, 0.29) is 4.90 Å². The summed E-state index contributed by atoms with van der Waals surface area (Å²) in [5.74, 6) is -0.0328. The van der Waals surface area contributed by atoms with Gasteiger partial charge >= 0.3 is 0 Å². The summed E-state index contributed by atoms with van der Waals surface area (Å²) in [5, 5.41) is 2.93. The molecule has 7 heteroatoms. The smallest absolute Gasteiger partial charge is 0.264 e. The van der Waals surface area contributed by atoms with Crippen LogP contribution in [-0.2, 0) is 21.2 Å². The standard InChI is InChI=1S/C26H30N2O4S/c1-5-21-11-9-10-20(4)26(21)27-25(29)18-28(23-12-7-8-13-24(23)32-6-2)33(30,31)22-16-14-19(3)15-17-22/h7-17H,5-6,18H2,1-4H3,(H,27,29). The van der Waals surface area contributed by atoms with Crippen LogP contribution in [-0.4, -0.2) is 27.5 Å². The molecule has 3 aromatic rings.